The number of ether oxygens (including phenoxy) is 2. The number of aryl methyl sites for hydroxylation is 2. The molecule has 4 aromatic heterocycles. The van der Waals surface area contributed by atoms with Crippen molar-refractivity contribution in [2.75, 3.05) is 36.5 Å². The average Bonchev–Trinajstić information content (AvgIpc) is 3.13. The topological polar surface area (TPSA) is 112 Å². The van der Waals surface area contributed by atoms with E-state index < -0.39 is 0 Å². The lowest BCUT2D eigenvalue weighted by Crippen LogP contribution is -2.37. The number of anilines is 2. The number of hydrogen-bond donors (Lipinski definition) is 1. The molecule has 1 aliphatic carbocycles. The first kappa shape index (κ1) is 22.7. The molecule has 36 heavy (non-hydrogen) atoms. The van der Waals surface area contributed by atoms with Gasteiger partial charge in [0.05, 0.1) is 30.3 Å². The highest BCUT2D eigenvalue weighted by Gasteiger charge is 2.25. The second kappa shape index (κ2) is 9.38. The van der Waals surface area contributed by atoms with Gasteiger partial charge < -0.3 is 19.7 Å². The van der Waals surface area contributed by atoms with Gasteiger partial charge in [-0.3, -0.25) is 14.1 Å². The molecule has 11 nitrogen and oxygen atoms in total. The molecule has 4 aromatic rings. The van der Waals surface area contributed by atoms with E-state index in [1.807, 2.05) is 18.2 Å². The minimum atomic E-state index is -0.108. The monoisotopic (exact) mass is 492 g/mol. The van der Waals surface area contributed by atoms with E-state index in [1.165, 1.54) is 0 Å². The molecule has 0 aromatic carbocycles. The Kier molecular flexibility index (Phi) is 5.92. The molecule has 0 atom stereocenters. The summed E-state index contributed by atoms with van der Waals surface area (Å²) >= 11 is 0. The highest BCUT2D eigenvalue weighted by atomic mass is 16.5. The molecule has 0 spiro atoms. The molecule has 6 rings (SSSR count). The van der Waals surface area contributed by atoms with Crippen LogP contribution in [0.4, 0.5) is 11.8 Å². The Bertz CT molecular complexity index is 1460. The summed E-state index contributed by atoms with van der Waals surface area (Å²) in [6.07, 6.45) is 7.24. The Morgan fingerprint density at radius 1 is 1.08 bits per heavy atom. The van der Waals surface area contributed by atoms with Crippen LogP contribution in [-0.4, -0.2) is 67.5 Å². The lowest BCUT2D eigenvalue weighted by molar-refractivity contribution is 0.122. The van der Waals surface area contributed by atoms with Crippen LogP contribution in [0.15, 0.2) is 35.4 Å². The molecule has 11 heteroatoms. The first-order valence-corrected chi connectivity index (χ1v) is 12.5. The van der Waals surface area contributed by atoms with Crippen molar-refractivity contribution in [3.8, 4) is 5.88 Å². The van der Waals surface area contributed by atoms with Crippen molar-refractivity contribution < 1.29 is 10.9 Å². The second-order valence-corrected chi connectivity index (χ2v) is 9.49. The maximum Gasteiger partial charge on any atom is 0.329 e. The molecule has 1 N–H and O–H groups in total. The van der Waals surface area contributed by atoms with Gasteiger partial charge in [0.1, 0.15) is 17.4 Å². The Balaban J connectivity index is 0.00000280. The van der Waals surface area contributed by atoms with Crippen LogP contribution in [0.2, 0.25) is 0 Å². The Hall–Kier alpha value is -3.73. The van der Waals surface area contributed by atoms with E-state index in [2.05, 4.69) is 25.2 Å². The van der Waals surface area contributed by atoms with Crippen LogP contribution in [0, 0.1) is 0 Å². The van der Waals surface area contributed by atoms with E-state index >= 15 is 0 Å². The standard InChI is InChI=1S/C25H30N8O3.H2/c1-31-20-15-27-24(30-22(20)32(2)25(31)34)28-16-5-7-17(8-6-16)36-23-18-4-3-9-26-19(18)14-21(29-23)33-10-12-35-13-11-33;/h3-4,9,14-17H,5-8,10-13H2,1-2H3,(H,27,28,30);1H. The summed E-state index contributed by atoms with van der Waals surface area (Å²) in [5.41, 5.74) is 2.13. The average molecular weight is 493 g/mol. The first-order valence-electron chi connectivity index (χ1n) is 12.5. The molecular formula is C25H32N8O3. The summed E-state index contributed by atoms with van der Waals surface area (Å²) in [7, 11) is 3.46. The maximum atomic E-state index is 12.2. The zero-order valence-electron chi connectivity index (χ0n) is 20.6. The van der Waals surface area contributed by atoms with E-state index in [1.54, 1.807) is 35.6 Å². The third-order valence-corrected chi connectivity index (χ3v) is 7.17. The molecule has 1 saturated heterocycles. The van der Waals surface area contributed by atoms with Gasteiger partial charge in [0.25, 0.3) is 0 Å². The van der Waals surface area contributed by atoms with Crippen molar-refractivity contribution >= 4 is 33.8 Å². The van der Waals surface area contributed by atoms with E-state index in [-0.39, 0.29) is 19.3 Å². The number of rotatable bonds is 5. The second-order valence-electron chi connectivity index (χ2n) is 9.49. The van der Waals surface area contributed by atoms with Crippen LogP contribution in [0.3, 0.4) is 0 Å². The van der Waals surface area contributed by atoms with Crippen molar-refractivity contribution in [3.05, 3.63) is 41.1 Å². The number of morpholine rings is 1. The van der Waals surface area contributed by atoms with Crippen molar-refractivity contribution in [1.82, 2.24) is 29.1 Å². The lowest BCUT2D eigenvalue weighted by atomic mass is 9.93. The largest absolute Gasteiger partial charge is 0.474 e. The molecule has 1 aliphatic heterocycles. The molecule has 0 amide bonds. The molecule has 0 unspecified atom stereocenters. The van der Waals surface area contributed by atoms with Crippen LogP contribution in [0.5, 0.6) is 5.88 Å². The van der Waals surface area contributed by atoms with Crippen LogP contribution in [0.25, 0.3) is 22.1 Å². The predicted octanol–water partition coefficient (Wildman–Crippen LogP) is 2.49. The van der Waals surface area contributed by atoms with Gasteiger partial charge >= 0.3 is 5.69 Å². The number of hydrogen-bond acceptors (Lipinski definition) is 9. The summed E-state index contributed by atoms with van der Waals surface area (Å²) in [6, 6.07) is 6.22. The van der Waals surface area contributed by atoms with Gasteiger partial charge in [-0.1, -0.05) is 0 Å². The summed E-state index contributed by atoms with van der Waals surface area (Å²) in [6.45, 7) is 3.03. The normalized spacial score (nSPS) is 20.7. The fourth-order valence-corrected chi connectivity index (χ4v) is 5.08. The third kappa shape index (κ3) is 4.23. The highest BCUT2D eigenvalue weighted by molar-refractivity contribution is 5.85. The summed E-state index contributed by atoms with van der Waals surface area (Å²) in [4.78, 5) is 32.9. The Morgan fingerprint density at radius 2 is 1.89 bits per heavy atom. The van der Waals surface area contributed by atoms with Crippen LogP contribution < -0.4 is 20.6 Å². The highest BCUT2D eigenvalue weighted by Crippen LogP contribution is 2.31. The summed E-state index contributed by atoms with van der Waals surface area (Å²) < 4.78 is 15.1. The number of nitrogens with one attached hydrogen (secondary N) is 1. The van der Waals surface area contributed by atoms with Gasteiger partial charge in [-0.25, -0.2) is 9.78 Å². The Morgan fingerprint density at radius 3 is 2.69 bits per heavy atom. The van der Waals surface area contributed by atoms with Crippen molar-refractivity contribution in [2.24, 2.45) is 14.1 Å². The molecular weight excluding hydrogens is 460 g/mol. The quantitative estimate of drug-likeness (QED) is 0.449. The van der Waals surface area contributed by atoms with Gasteiger partial charge in [-0.05, 0) is 37.8 Å². The third-order valence-electron chi connectivity index (χ3n) is 7.17. The number of pyridine rings is 2. The molecule has 1 saturated carbocycles. The van der Waals surface area contributed by atoms with Gasteiger partial charge in [0.2, 0.25) is 11.8 Å². The molecule has 0 radical (unpaired) electrons. The van der Waals surface area contributed by atoms with Crippen molar-refractivity contribution in [3.63, 3.8) is 0 Å². The van der Waals surface area contributed by atoms with Crippen LogP contribution >= 0.6 is 0 Å². The minimum Gasteiger partial charge on any atom is -0.474 e. The first-order chi connectivity index (χ1) is 17.6. The van der Waals surface area contributed by atoms with Crippen LogP contribution in [-0.2, 0) is 18.8 Å². The van der Waals surface area contributed by atoms with E-state index in [0.717, 1.165) is 61.0 Å². The van der Waals surface area contributed by atoms with Gasteiger partial charge in [-0.15, -0.1) is 0 Å². The predicted molar refractivity (Wildman–Crippen MR) is 139 cm³/mol. The zero-order chi connectivity index (χ0) is 24.6. The van der Waals surface area contributed by atoms with E-state index in [9.17, 15) is 4.79 Å². The van der Waals surface area contributed by atoms with Gasteiger partial charge in [-0.2, -0.15) is 9.97 Å². The molecule has 2 fully saturated rings. The minimum absolute atomic E-state index is 0. The lowest BCUT2D eigenvalue weighted by Gasteiger charge is -2.31. The number of aromatic nitrogens is 6. The maximum absolute atomic E-state index is 12.2. The summed E-state index contributed by atoms with van der Waals surface area (Å²) in [5.74, 6) is 2.08. The van der Waals surface area contributed by atoms with Gasteiger partial charge in [0.15, 0.2) is 5.65 Å². The molecule has 5 heterocycles. The number of imidazole rings is 1. The molecule has 0 bridgehead atoms. The van der Waals surface area contributed by atoms with Crippen LogP contribution in [0.1, 0.15) is 27.1 Å². The SMILES string of the molecule is Cn1c(=O)n(C)c2nc(NC3CCC(Oc4nc(N5CCOCC5)cc5ncccc45)CC3)ncc21.[HH]. The molecule has 190 valence electrons. The summed E-state index contributed by atoms with van der Waals surface area (Å²) in [5, 5.41) is 4.38. The Labute approximate surface area is 209 Å². The molecule has 2 aliphatic rings. The van der Waals surface area contributed by atoms with E-state index in [4.69, 9.17) is 14.5 Å². The fourth-order valence-electron chi connectivity index (χ4n) is 5.08. The number of nitrogens with zero attached hydrogens (tertiary/aromatic N) is 7. The zero-order valence-corrected chi connectivity index (χ0v) is 20.6. The van der Waals surface area contributed by atoms with E-state index in [0.29, 0.717) is 30.7 Å². The fraction of sp³-hybridized carbons (Fsp3) is 0.480. The smallest absolute Gasteiger partial charge is 0.329 e. The van der Waals surface area contributed by atoms with Crippen molar-refractivity contribution in [2.45, 2.75) is 37.8 Å². The van der Waals surface area contributed by atoms with Crippen molar-refractivity contribution in [1.29, 1.82) is 0 Å². The number of fused-ring (bicyclic) bond motifs is 2. The van der Waals surface area contributed by atoms with Gasteiger partial charge in [0, 0.05) is 46.9 Å².